The first-order valence-electron chi connectivity index (χ1n) is 10.9. The Kier molecular flexibility index (Phi) is 5.90. The van der Waals surface area contributed by atoms with E-state index in [1.54, 1.807) is 38.8 Å². The molecule has 0 bridgehead atoms. The van der Waals surface area contributed by atoms with E-state index in [-0.39, 0.29) is 5.95 Å². The topological polar surface area (TPSA) is 128 Å². The van der Waals surface area contributed by atoms with Crippen LogP contribution in [0.2, 0.25) is 0 Å². The minimum absolute atomic E-state index is 0.248. The number of fused-ring (bicyclic) bond motifs is 3. The van der Waals surface area contributed by atoms with Gasteiger partial charge < -0.3 is 24.4 Å². The number of aryl methyl sites for hydroxylation is 1. The number of ether oxygens (including phenoxy) is 3. The van der Waals surface area contributed by atoms with Crippen molar-refractivity contribution in [2.75, 3.05) is 26.6 Å². The quantitative estimate of drug-likeness (QED) is 0.309. The summed E-state index contributed by atoms with van der Waals surface area (Å²) >= 11 is 0. The maximum absolute atomic E-state index is 6.15. The fraction of sp³-hybridized carbons (Fsp3) is 0.304. The van der Waals surface area contributed by atoms with E-state index in [4.69, 9.17) is 24.4 Å². The summed E-state index contributed by atoms with van der Waals surface area (Å²) in [5.74, 6) is 3.35. The minimum Gasteiger partial charge on any atom is -0.493 e. The van der Waals surface area contributed by atoms with Gasteiger partial charge in [-0.25, -0.2) is 9.67 Å². The van der Waals surface area contributed by atoms with Gasteiger partial charge in [-0.15, -0.1) is 5.10 Å². The molecule has 5 aromatic rings. The van der Waals surface area contributed by atoms with Crippen LogP contribution < -0.4 is 19.9 Å². The van der Waals surface area contributed by atoms with Crippen LogP contribution in [0.1, 0.15) is 19.3 Å². The van der Waals surface area contributed by atoms with E-state index >= 15 is 0 Å². The Labute approximate surface area is 195 Å². The Balaban J connectivity index is 1.19. The molecule has 11 nitrogen and oxygen atoms in total. The van der Waals surface area contributed by atoms with Crippen molar-refractivity contribution in [3.8, 4) is 28.8 Å². The van der Waals surface area contributed by atoms with E-state index in [1.165, 1.54) is 4.52 Å². The SMILES string of the molecule is COc1ccc(OCCCCCn2ncc3c2nc(N)n2nc(-c4ccco4)nc32)cc1OC. The van der Waals surface area contributed by atoms with E-state index in [9.17, 15) is 0 Å². The molecular weight excluding hydrogens is 438 g/mol. The normalized spacial score (nSPS) is 11.4. The van der Waals surface area contributed by atoms with Crippen molar-refractivity contribution in [1.29, 1.82) is 0 Å². The lowest BCUT2D eigenvalue weighted by atomic mass is 10.2. The zero-order valence-corrected chi connectivity index (χ0v) is 19.0. The van der Waals surface area contributed by atoms with Crippen LogP contribution in [0.25, 0.3) is 28.3 Å². The number of furan rings is 1. The molecule has 0 atom stereocenters. The minimum atomic E-state index is 0.248. The Morgan fingerprint density at radius 1 is 1.00 bits per heavy atom. The third-order valence-electron chi connectivity index (χ3n) is 5.48. The number of anilines is 1. The standard InChI is InChI=1S/C23H25N7O4/c1-31-17-9-8-15(13-19(17)32-2)33-11-5-3-4-10-29-21-16(14-25-29)22-26-20(18-7-6-12-34-18)28-30(22)23(24)27-21/h6-9,12-14H,3-5,10-11H2,1-2H3,(H2,24,27). The zero-order valence-electron chi connectivity index (χ0n) is 19.0. The number of nitrogens with two attached hydrogens (primary N) is 1. The second-order valence-electron chi connectivity index (χ2n) is 7.65. The second-order valence-corrected chi connectivity index (χ2v) is 7.65. The number of nitrogens with zero attached hydrogens (tertiary/aromatic N) is 6. The summed E-state index contributed by atoms with van der Waals surface area (Å²) in [5.41, 5.74) is 7.44. The van der Waals surface area contributed by atoms with Crippen LogP contribution in [-0.2, 0) is 6.54 Å². The third-order valence-corrected chi connectivity index (χ3v) is 5.48. The molecule has 0 saturated carbocycles. The van der Waals surface area contributed by atoms with Gasteiger partial charge in [-0.3, -0.25) is 0 Å². The van der Waals surface area contributed by atoms with E-state index in [0.29, 0.717) is 47.5 Å². The summed E-state index contributed by atoms with van der Waals surface area (Å²) in [6.45, 7) is 1.32. The van der Waals surface area contributed by atoms with Gasteiger partial charge >= 0.3 is 0 Å². The number of rotatable bonds is 10. The first kappa shape index (κ1) is 21.6. The lowest BCUT2D eigenvalue weighted by molar-refractivity contribution is 0.298. The van der Waals surface area contributed by atoms with Gasteiger partial charge in [0.2, 0.25) is 11.8 Å². The fourth-order valence-corrected chi connectivity index (χ4v) is 3.77. The molecule has 11 heteroatoms. The zero-order chi connectivity index (χ0) is 23.5. The summed E-state index contributed by atoms with van der Waals surface area (Å²) in [6, 6.07) is 9.12. The van der Waals surface area contributed by atoms with Crippen molar-refractivity contribution < 1.29 is 18.6 Å². The van der Waals surface area contributed by atoms with Crippen LogP contribution in [-0.4, -0.2) is 50.2 Å². The highest BCUT2D eigenvalue weighted by atomic mass is 16.5. The van der Waals surface area contributed by atoms with Crippen molar-refractivity contribution in [1.82, 2.24) is 29.4 Å². The average molecular weight is 463 g/mol. The first-order valence-corrected chi connectivity index (χ1v) is 10.9. The van der Waals surface area contributed by atoms with E-state index in [2.05, 4.69) is 20.2 Å². The molecule has 0 saturated heterocycles. The molecule has 2 N–H and O–H groups in total. The van der Waals surface area contributed by atoms with Gasteiger partial charge in [-0.1, -0.05) is 0 Å². The molecule has 0 amide bonds. The lowest BCUT2D eigenvalue weighted by Gasteiger charge is -2.11. The van der Waals surface area contributed by atoms with Crippen molar-refractivity contribution in [2.45, 2.75) is 25.8 Å². The Morgan fingerprint density at radius 3 is 2.68 bits per heavy atom. The van der Waals surface area contributed by atoms with E-state index < -0.39 is 0 Å². The number of unbranched alkanes of at least 4 members (excludes halogenated alkanes) is 2. The van der Waals surface area contributed by atoms with Crippen molar-refractivity contribution in [2.24, 2.45) is 0 Å². The van der Waals surface area contributed by atoms with Crippen LogP contribution >= 0.6 is 0 Å². The highest BCUT2D eigenvalue weighted by Crippen LogP contribution is 2.31. The lowest BCUT2D eigenvalue weighted by Crippen LogP contribution is -2.06. The van der Waals surface area contributed by atoms with E-state index in [1.807, 2.05) is 22.9 Å². The summed E-state index contributed by atoms with van der Waals surface area (Å²) in [5, 5.41) is 9.70. The van der Waals surface area contributed by atoms with Crippen LogP contribution in [0.4, 0.5) is 5.95 Å². The number of benzene rings is 1. The van der Waals surface area contributed by atoms with Gasteiger partial charge in [0.1, 0.15) is 5.75 Å². The smallest absolute Gasteiger partial charge is 0.225 e. The molecule has 176 valence electrons. The molecule has 0 aliphatic heterocycles. The number of aromatic nitrogens is 6. The van der Waals surface area contributed by atoms with Gasteiger partial charge in [-0.2, -0.15) is 14.6 Å². The molecule has 0 aliphatic carbocycles. The molecule has 1 aromatic carbocycles. The number of hydrogen-bond donors (Lipinski definition) is 1. The molecule has 4 heterocycles. The molecule has 0 aliphatic rings. The fourth-order valence-electron chi connectivity index (χ4n) is 3.77. The largest absolute Gasteiger partial charge is 0.493 e. The monoisotopic (exact) mass is 463 g/mol. The van der Waals surface area contributed by atoms with E-state index in [0.717, 1.165) is 30.4 Å². The first-order chi connectivity index (χ1) is 16.7. The highest BCUT2D eigenvalue weighted by Gasteiger charge is 2.17. The van der Waals surface area contributed by atoms with Crippen LogP contribution in [0.3, 0.4) is 0 Å². The van der Waals surface area contributed by atoms with Crippen LogP contribution in [0.5, 0.6) is 17.2 Å². The van der Waals surface area contributed by atoms with Crippen LogP contribution in [0, 0.1) is 0 Å². The van der Waals surface area contributed by atoms with Gasteiger partial charge in [0.15, 0.2) is 28.6 Å². The summed E-state index contributed by atoms with van der Waals surface area (Å²) in [4.78, 5) is 9.09. The maximum Gasteiger partial charge on any atom is 0.225 e. The van der Waals surface area contributed by atoms with Crippen molar-refractivity contribution in [3.05, 3.63) is 42.8 Å². The molecular formula is C23H25N7O4. The maximum atomic E-state index is 6.15. The predicted molar refractivity (Wildman–Crippen MR) is 125 cm³/mol. The molecule has 0 radical (unpaired) electrons. The molecule has 0 fully saturated rings. The summed E-state index contributed by atoms with van der Waals surface area (Å²) in [6.07, 6.45) is 6.13. The summed E-state index contributed by atoms with van der Waals surface area (Å²) < 4.78 is 25.2. The molecule has 0 unspecified atom stereocenters. The predicted octanol–water partition coefficient (Wildman–Crippen LogP) is 3.58. The third kappa shape index (κ3) is 4.07. The van der Waals surface area contributed by atoms with Crippen molar-refractivity contribution >= 4 is 22.6 Å². The molecule has 34 heavy (non-hydrogen) atoms. The van der Waals surface area contributed by atoms with Gasteiger partial charge in [0, 0.05) is 12.6 Å². The molecule has 4 aromatic heterocycles. The van der Waals surface area contributed by atoms with Gasteiger partial charge in [0.25, 0.3) is 0 Å². The number of hydrogen-bond acceptors (Lipinski definition) is 9. The molecule has 0 spiro atoms. The van der Waals surface area contributed by atoms with Gasteiger partial charge in [-0.05, 0) is 43.5 Å². The van der Waals surface area contributed by atoms with Crippen LogP contribution in [0.15, 0.2) is 47.2 Å². The Bertz CT molecular complexity index is 1410. The van der Waals surface area contributed by atoms with Gasteiger partial charge in [0.05, 0.1) is 38.7 Å². The highest BCUT2D eigenvalue weighted by molar-refractivity contribution is 5.90. The number of nitrogen functional groups attached to an aromatic ring is 1. The summed E-state index contributed by atoms with van der Waals surface area (Å²) in [7, 11) is 3.22. The number of methoxy groups -OCH3 is 2. The Morgan fingerprint density at radius 2 is 1.88 bits per heavy atom. The van der Waals surface area contributed by atoms with Crippen molar-refractivity contribution in [3.63, 3.8) is 0 Å². The Hall–Kier alpha value is -4.28. The average Bonchev–Trinajstić information content (AvgIpc) is 3.61. The molecule has 5 rings (SSSR count). The second kappa shape index (κ2) is 9.30.